The Morgan fingerprint density at radius 1 is 1.33 bits per heavy atom. The smallest absolute Gasteiger partial charge is 0.257 e. The first kappa shape index (κ1) is 18.0. The van der Waals surface area contributed by atoms with Gasteiger partial charge in [-0.3, -0.25) is 9.48 Å². The van der Waals surface area contributed by atoms with Gasteiger partial charge in [0.1, 0.15) is 5.82 Å². The summed E-state index contributed by atoms with van der Waals surface area (Å²) in [6.45, 7) is 7.77. The van der Waals surface area contributed by atoms with Gasteiger partial charge in [0.05, 0.1) is 11.3 Å². The number of halogens is 1. The molecule has 0 saturated carbocycles. The SMILES string of the molecule is Cc1nn(C)cc1C(=O)N1CC[C@H]2[C@@H](C1)CC(C)(C)N2c1cccc(F)c1. The fourth-order valence-electron chi connectivity index (χ4n) is 5.08. The molecule has 6 heteroatoms. The summed E-state index contributed by atoms with van der Waals surface area (Å²) in [5.41, 5.74) is 2.34. The number of aryl methyl sites for hydroxylation is 2. The van der Waals surface area contributed by atoms with Gasteiger partial charge in [0.25, 0.3) is 5.91 Å². The zero-order valence-corrected chi connectivity index (χ0v) is 16.4. The number of rotatable bonds is 2. The van der Waals surface area contributed by atoms with Gasteiger partial charge < -0.3 is 9.80 Å². The van der Waals surface area contributed by atoms with E-state index in [1.165, 1.54) is 6.07 Å². The number of carbonyl (C=O) groups excluding carboxylic acids is 1. The van der Waals surface area contributed by atoms with Crippen molar-refractivity contribution >= 4 is 11.6 Å². The fourth-order valence-corrected chi connectivity index (χ4v) is 5.08. The molecule has 27 heavy (non-hydrogen) atoms. The number of benzene rings is 1. The highest BCUT2D eigenvalue weighted by Gasteiger charge is 2.48. The quantitative estimate of drug-likeness (QED) is 0.814. The lowest BCUT2D eigenvalue weighted by Crippen LogP contribution is -2.50. The van der Waals surface area contributed by atoms with Gasteiger partial charge >= 0.3 is 0 Å². The number of carbonyl (C=O) groups is 1. The lowest BCUT2D eigenvalue weighted by molar-refractivity contribution is 0.0666. The van der Waals surface area contributed by atoms with Crippen LogP contribution in [0.5, 0.6) is 0 Å². The Morgan fingerprint density at radius 2 is 2.11 bits per heavy atom. The number of fused-ring (bicyclic) bond motifs is 1. The normalized spacial score (nSPS) is 24.2. The van der Waals surface area contributed by atoms with Crippen molar-refractivity contribution in [1.82, 2.24) is 14.7 Å². The molecule has 2 aromatic rings. The lowest BCUT2D eigenvalue weighted by atomic mass is 9.89. The molecule has 144 valence electrons. The highest BCUT2D eigenvalue weighted by atomic mass is 19.1. The van der Waals surface area contributed by atoms with Crippen LogP contribution < -0.4 is 4.90 Å². The monoisotopic (exact) mass is 370 g/mol. The van der Waals surface area contributed by atoms with Crippen LogP contribution in [0.3, 0.4) is 0 Å². The first-order valence-electron chi connectivity index (χ1n) is 9.61. The van der Waals surface area contributed by atoms with Gasteiger partial charge in [0, 0.05) is 43.6 Å². The molecule has 0 N–H and O–H groups in total. The molecule has 1 amide bonds. The Morgan fingerprint density at radius 3 is 2.78 bits per heavy atom. The number of hydrogen-bond acceptors (Lipinski definition) is 3. The van der Waals surface area contributed by atoms with Gasteiger partial charge in [-0.1, -0.05) is 6.07 Å². The van der Waals surface area contributed by atoms with Gasteiger partial charge in [-0.15, -0.1) is 0 Å². The van der Waals surface area contributed by atoms with E-state index in [-0.39, 0.29) is 17.3 Å². The molecular formula is C21H27FN4O. The van der Waals surface area contributed by atoms with E-state index in [9.17, 15) is 9.18 Å². The molecule has 2 fully saturated rings. The zero-order valence-electron chi connectivity index (χ0n) is 16.4. The Kier molecular flexibility index (Phi) is 4.24. The van der Waals surface area contributed by atoms with Crippen LogP contribution in [0, 0.1) is 18.7 Å². The summed E-state index contributed by atoms with van der Waals surface area (Å²) in [7, 11) is 1.84. The van der Waals surface area contributed by atoms with Crippen LogP contribution in [0.4, 0.5) is 10.1 Å². The molecule has 0 aliphatic carbocycles. The van der Waals surface area contributed by atoms with Crippen molar-refractivity contribution in [3.63, 3.8) is 0 Å². The summed E-state index contributed by atoms with van der Waals surface area (Å²) in [6, 6.07) is 7.21. The summed E-state index contributed by atoms with van der Waals surface area (Å²) in [4.78, 5) is 17.3. The largest absolute Gasteiger partial charge is 0.363 e. The van der Waals surface area contributed by atoms with Crippen LogP contribution in [0.15, 0.2) is 30.5 Å². The molecule has 1 aromatic heterocycles. The first-order valence-corrected chi connectivity index (χ1v) is 9.61. The standard InChI is InChI=1S/C21H27FN4O/c1-14-18(13-24(4)23-14)20(27)25-9-8-19-15(12-25)11-21(2,3)26(19)17-7-5-6-16(22)10-17/h5-7,10,13,15,19H,8-9,11-12H2,1-4H3/t15-,19+/m1/s1. The summed E-state index contributed by atoms with van der Waals surface area (Å²) in [5, 5.41) is 4.30. The van der Waals surface area contributed by atoms with Gasteiger partial charge in [-0.25, -0.2) is 4.39 Å². The summed E-state index contributed by atoms with van der Waals surface area (Å²) >= 11 is 0. The number of aromatic nitrogens is 2. The number of anilines is 1. The van der Waals surface area contributed by atoms with Gasteiger partial charge in [0.2, 0.25) is 0 Å². The van der Waals surface area contributed by atoms with E-state index in [1.807, 2.05) is 24.9 Å². The number of likely N-dealkylation sites (tertiary alicyclic amines) is 1. The average molecular weight is 370 g/mol. The minimum absolute atomic E-state index is 0.0631. The van der Waals surface area contributed by atoms with Crippen molar-refractivity contribution in [1.29, 1.82) is 0 Å². The Hall–Kier alpha value is -2.37. The van der Waals surface area contributed by atoms with Crippen molar-refractivity contribution in [3.8, 4) is 0 Å². The highest BCUT2D eigenvalue weighted by Crippen LogP contribution is 2.44. The van der Waals surface area contributed by atoms with Crippen LogP contribution in [-0.2, 0) is 7.05 Å². The third kappa shape index (κ3) is 3.11. The lowest BCUT2D eigenvalue weighted by Gasteiger charge is -2.41. The predicted molar refractivity (Wildman–Crippen MR) is 103 cm³/mol. The summed E-state index contributed by atoms with van der Waals surface area (Å²) in [5.74, 6) is 0.255. The third-order valence-corrected chi connectivity index (χ3v) is 6.06. The van der Waals surface area contributed by atoms with E-state index >= 15 is 0 Å². The van der Waals surface area contributed by atoms with Crippen LogP contribution in [-0.4, -0.2) is 45.3 Å². The van der Waals surface area contributed by atoms with Crippen molar-refractivity contribution in [2.75, 3.05) is 18.0 Å². The number of nitrogens with zero attached hydrogens (tertiary/aromatic N) is 4. The van der Waals surface area contributed by atoms with Gasteiger partial charge in [-0.05, 0) is 57.7 Å². The maximum Gasteiger partial charge on any atom is 0.257 e. The molecule has 0 bridgehead atoms. The maximum absolute atomic E-state index is 13.8. The number of hydrogen-bond donors (Lipinski definition) is 0. The zero-order chi connectivity index (χ0) is 19.3. The van der Waals surface area contributed by atoms with Crippen LogP contribution >= 0.6 is 0 Å². The minimum Gasteiger partial charge on any atom is -0.363 e. The molecule has 5 nitrogen and oxygen atoms in total. The molecule has 3 heterocycles. The second kappa shape index (κ2) is 6.36. The Labute approximate surface area is 159 Å². The van der Waals surface area contributed by atoms with Crippen molar-refractivity contribution < 1.29 is 9.18 Å². The van der Waals surface area contributed by atoms with Crippen LogP contribution in [0.2, 0.25) is 0 Å². The number of amides is 1. The second-order valence-corrected chi connectivity index (χ2v) is 8.54. The maximum atomic E-state index is 13.8. The predicted octanol–water partition coefficient (Wildman–Crippen LogP) is 3.39. The third-order valence-electron chi connectivity index (χ3n) is 6.06. The molecule has 0 radical (unpaired) electrons. The summed E-state index contributed by atoms with van der Waals surface area (Å²) in [6.07, 6.45) is 3.70. The van der Waals surface area contributed by atoms with E-state index in [4.69, 9.17) is 0 Å². The molecule has 2 saturated heterocycles. The highest BCUT2D eigenvalue weighted by molar-refractivity contribution is 5.95. The number of piperidine rings is 1. The molecule has 4 rings (SSSR count). The van der Waals surface area contributed by atoms with Crippen molar-refractivity contribution in [3.05, 3.63) is 47.5 Å². The van der Waals surface area contributed by atoms with E-state index < -0.39 is 0 Å². The first-order chi connectivity index (χ1) is 12.8. The van der Waals surface area contributed by atoms with Crippen molar-refractivity contribution in [2.24, 2.45) is 13.0 Å². The van der Waals surface area contributed by atoms with Crippen LogP contribution in [0.1, 0.15) is 42.7 Å². The molecule has 2 aliphatic rings. The molecule has 0 unspecified atom stereocenters. The Balaban J connectivity index is 1.56. The fraction of sp³-hybridized carbons (Fsp3) is 0.524. The topological polar surface area (TPSA) is 41.4 Å². The molecular weight excluding hydrogens is 343 g/mol. The van der Waals surface area contributed by atoms with E-state index in [0.717, 1.165) is 37.3 Å². The summed E-state index contributed by atoms with van der Waals surface area (Å²) < 4.78 is 15.5. The minimum atomic E-state index is -0.202. The Bertz CT molecular complexity index is 875. The van der Waals surface area contributed by atoms with E-state index in [0.29, 0.717) is 17.5 Å². The molecule has 1 aromatic carbocycles. The molecule has 2 aliphatic heterocycles. The second-order valence-electron chi connectivity index (χ2n) is 8.54. The average Bonchev–Trinajstić information content (AvgIpc) is 3.07. The van der Waals surface area contributed by atoms with Crippen LogP contribution in [0.25, 0.3) is 0 Å². The molecule has 0 spiro atoms. The molecule has 2 atom stereocenters. The van der Waals surface area contributed by atoms with Crippen molar-refractivity contribution in [2.45, 2.75) is 45.2 Å². The van der Waals surface area contributed by atoms with E-state index in [1.54, 1.807) is 23.0 Å². The van der Waals surface area contributed by atoms with E-state index in [2.05, 4.69) is 23.8 Å². The van der Waals surface area contributed by atoms with Gasteiger partial charge in [-0.2, -0.15) is 5.10 Å². The van der Waals surface area contributed by atoms with Gasteiger partial charge in [0.15, 0.2) is 0 Å².